The molecule has 0 aliphatic carbocycles. The van der Waals surface area contributed by atoms with E-state index in [1.165, 1.54) is 37.2 Å². The monoisotopic (exact) mass is 439 g/mol. The molecule has 2 aliphatic rings. The molecule has 7 heteroatoms. The van der Waals surface area contributed by atoms with E-state index in [0.717, 1.165) is 45.6 Å². The zero-order valence-corrected chi connectivity index (χ0v) is 18.6. The summed E-state index contributed by atoms with van der Waals surface area (Å²) < 4.78 is 11.0. The summed E-state index contributed by atoms with van der Waals surface area (Å²) in [5.74, 6) is 0.513. The number of nitrogens with zero attached hydrogens (tertiary/aromatic N) is 2. The summed E-state index contributed by atoms with van der Waals surface area (Å²) in [6, 6.07) is 12.0. The van der Waals surface area contributed by atoms with Crippen molar-refractivity contribution in [2.75, 3.05) is 32.8 Å². The number of carbonyl (C=O) groups is 1. The van der Waals surface area contributed by atoms with Crippen molar-refractivity contribution in [1.29, 1.82) is 0 Å². The molecule has 0 spiro atoms. The van der Waals surface area contributed by atoms with Gasteiger partial charge in [-0.2, -0.15) is 0 Å². The van der Waals surface area contributed by atoms with Crippen LogP contribution in [-0.4, -0.2) is 54.5 Å². The third-order valence-electron chi connectivity index (χ3n) is 6.24. The lowest BCUT2D eigenvalue weighted by Crippen LogP contribution is -2.45. The maximum Gasteiger partial charge on any atom is 0.258 e. The third kappa shape index (κ3) is 6.68. The molecule has 1 N–H and O–H groups in total. The Labute approximate surface area is 189 Å². The summed E-state index contributed by atoms with van der Waals surface area (Å²) >= 11 is 0. The lowest BCUT2D eigenvalue weighted by Gasteiger charge is -2.32. The maximum absolute atomic E-state index is 12.3. The van der Waals surface area contributed by atoms with Crippen molar-refractivity contribution in [3.8, 4) is 5.75 Å². The van der Waals surface area contributed by atoms with Crippen molar-refractivity contribution in [3.63, 3.8) is 0 Å². The molecule has 1 aromatic heterocycles. The number of rotatable bonds is 8. The molecule has 4 rings (SSSR count). The molecule has 2 aromatic rings. The molecule has 0 saturated carbocycles. The van der Waals surface area contributed by atoms with Gasteiger partial charge in [-0.25, -0.2) is 0 Å². The van der Waals surface area contributed by atoms with Gasteiger partial charge >= 0.3 is 0 Å². The fraction of sp³-hybridized carbons (Fsp3) is 0.520. The van der Waals surface area contributed by atoms with Crippen LogP contribution < -0.4 is 15.5 Å². The van der Waals surface area contributed by atoms with Gasteiger partial charge in [-0.15, -0.1) is 0 Å². The van der Waals surface area contributed by atoms with E-state index in [4.69, 9.17) is 9.15 Å². The SMILES string of the molecule is O=C(COc1coc(CN2CCCCC2)cc1=O)NC1CCN(Cc2ccccc2)CC1. The Hall–Kier alpha value is -2.64. The first-order valence-corrected chi connectivity index (χ1v) is 11.7. The number of hydrogen-bond donors (Lipinski definition) is 1. The highest BCUT2D eigenvalue weighted by Gasteiger charge is 2.21. The Bertz CT molecular complexity index is 916. The highest BCUT2D eigenvalue weighted by Crippen LogP contribution is 2.15. The predicted molar refractivity (Wildman–Crippen MR) is 122 cm³/mol. The summed E-state index contributed by atoms with van der Waals surface area (Å²) in [4.78, 5) is 29.3. The second-order valence-electron chi connectivity index (χ2n) is 8.80. The van der Waals surface area contributed by atoms with Gasteiger partial charge in [0.1, 0.15) is 12.0 Å². The zero-order chi connectivity index (χ0) is 22.2. The van der Waals surface area contributed by atoms with Crippen LogP contribution in [0.15, 0.2) is 51.9 Å². The molecule has 2 aliphatic heterocycles. The normalized spacial score (nSPS) is 18.4. The summed E-state index contributed by atoms with van der Waals surface area (Å²) in [7, 11) is 0. The van der Waals surface area contributed by atoms with E-state index in [-0.39, 0.29) is 29.7 Å². The number of nitrogens with one attached hydrogen (secondary N) is 1. The van der Waals surface area contributed by atoms with Crippen LogP contribution in [0.4, 0.5) is 0 Å². The average molecular weight is 440 g/mol. The van der Waals surface area contributed by atoms with Crippen molar-refractivity contribution in [1.82, 2.24) is 15.1 Å². The second-order valence-corrected chi connectivity index (χ2v) is 8.80. The highest BCUT2D eigenvalue weighted by atomic mass is 16.5. The summed E-state index contributed by atoms with van der Waals surface area (Å²) in [6.45, 7) is 5.36. The molecular formula is C25H33N3O4. The number of benzene rings is 1. The maximum atomic E-state index is 12.3. The van der Waals surface area contributed by atoms with Crippen molar-refractivity contribution in [2.24, 2.45) is 0 Å². The topological polar surface area (TPSA) is 75.0 Å². The fourth-order valence-electron chi connectivity index (χ4n) is 4.45. The first-order valence-electron chi connectivity index (χ1n) is 11.7. The Morgan fingerprint density at radius 1 is 1.00 bits per heavy atom. The van der Waals surface area contributed by atoms with Crippen LogP contribution in [0.1, 0.15) is 43.4 Å². The van der Waals surface area contributed by atoms with Crippen molar-refractivity contribution in [3.05, 3.63) is 64.2 Å². The number of amides is 1. The Morgan fingerprint density at radius 2 is 1.72 bits per heavy atom. The van der Waals surface area contributed by atoms with E-state index in [2.05, 4.69) is 39.4 Å². The first-order chi connectivity index (χ1) is 15.7. The molecule has 0 radical (unpaired) electrons. The van der Waals surface area contributed by atoms with E-state index in [1.54, 1.807) is 0 Å². The van der Waals surface area contributed by atoms with Gasteiger partial charge in [-0.1, -0.05) is 36.8 Å². The molecule has 7 nitrogen and oxygen atoms in total. The van der Waals surface area contributed by atoms with Crippen molar-refractivity contribution < 1.29 is 13.9 Å². The Balaban J connectivity index is 1.17. The smallest absolute Gasteiger partial charge is 0.258 e. The van der Waals surface area contributed by atoms with Crippen LogP contribution in [-0.2, 0) is 17.9 Å². The van der Waals surface area contributed by atoms with Crippen molar-refractivity contribution >= 4 is 5.91 Å². The molecule has 1 aromatic carbocycles. The van der Waals surface area contributed by atoms with Crippen molar-refractivity contribution in [2.45, 2.75) is 51.2 Å². The quantitative estimate of drug-likeness (QED) is 0.682. The summed E-state index contributed by atoms with van der Waals surface area (Å²) in [5.41, 5.74) is 1.06. The van der Waals surface area contributed by atoms with Gasteiger partial charge in [0.2, 0.25) is 11.2 Å². The standard InChI is InChI=1S/C25H33N3O4/c29-23-15-22(17-27-11-5-2-6-12-27)31-18-24(23)32-19-25(30)26-21-9-13-28(14-10-21)16-20-7-3-1-4-8-20/h1,3-4,7-8,15,18,21H,2,5-6,9-14,16-17,19H2,(H,26,30). The Morgan fingerprint density at radius 3 is 2.44 bits per heavy atom. The molecule has 3 heterocycles. The fourth-order valence-corrected chi connectivity index (χ4v) is 4.45. The minimum absolute atomic E-state index is 0.0835. The van der Waals surface area contributed by atoms with Gasteiger partial charge < -0.3 is 14.5 Å². The molecule has 172 valence electrons. The molecule has 2 saturated heterocycles. The zero-order valence-electron chi connectivity index (χ0n) is 18.6. The minimum atomic E-state index is -0.245. The van der Waals surface area contributed by atoms with Gasteiger partial charge in [-0.3, -0.25) is 19.4 Å². The third-order valence-corrected chi connectivity index (χ3v) is 6.24. The van der Waals surface area contributed by atoms with E-state index in [1.807, 2.05) is 6.07 Å². The molecule has 0 bridgehead atoms. The van der Waals surface area contributed by atoms with Crippen LogP contribution in [0.5, 0.6) is 5.75 Å². The van der Waals surface area contributed by atoms with Crippen LogP contribution in [0.25, 0.3) is 0 Å². The van der Waals surface area contributed by atoms with Gasteiger partial charge in [0, 0.05) is 31.7 Å². The first kappa shape index (κ1) is 22.6. The molecule has 1 amide bonds. The number of piperidine rings is 2. The molecule has 32 heavy (non-hydrogen) atoms. The molecular weight excluding hydrogens is 406 g/mol. The van der Waals surface area contributed by atoms with Crippen LogP contribution in [0, 0.1) is 0 Å². The van der Waals surface area contributed by atoms with E-state index in [0.29, 0.717) is 12.3 Å². The predicted octanol–water partition coefficient (Wildman–Crippen LogP) is 2.79. The summed E-state index contributed by atoms with van der Waals surface area (Å²) in [5, 5.41) is 3.03. The second kappa shape index (κ2) is 11.3. The van der Waals surface area contributed by atoms with E-state index >= 15 is 0 Å². The number of hydrogen-bond acceptors (Lipinski definition) is 6. The van der Waals surface area contributed by atoms with Crippen LogP contribution in [0.3, 0.4) is 0 Å². The lowest BCUT2D eigenvalue weighted by atomic mass is 10.0. The average Bonchev–Trinajstić information content (AvgIpc) is 2.81. The van der Waals surface area contributed by atoms with Gasteiger partial charge in [0.25, 0.3) is 5.91 Å². The lowest BCUT2D eigenvalue weighted by molar-refractivity contribution is -0.124. The van der Waals surface area contributed by atoms with Crippen LogP contribution >= 0.6 is 0 Å². The van der Waals surface area contributed by atoms with Gasteiger partial charge in [0.05, 0.1) is 6.54 Å². The number of ether oxygens (including phenoxy) is 1. The van der Waals surface area contributed by atoms with E-state index < -0.39 is 0 Å². The highest BCUT2D eigenvalue weighted by molar-refractivity contribution is 5.77. The molecule has 0 unspecified atom stereocenters. The van der Waals surface area contributed by atoms with Crippen LogP contribution in [0.2, 0.25) is 0 Å². The van der Waals surface area contributed by atoms with Gasteiger partial charge in [0.15, 0.2) is 6.61 Å². The summed E-state index contributed by atoms with van der Waals surface area (Å²) in [6.07, 6.45) is 6.79. The Kier molecular flexibility index (Phi) is 7.96. The largest absolute Gasteiger partial charge is 0.477 e. The number of likely N-dealkylation sites (tertiary alicyclic amines) is 2. The minimum Gasteiger partial charge on any atom is -0.477 e. The molecule has 0 atom stereocenters. The van der Waals surface area contributed by atoms with E-state index in [9.17, 15) is 9.59 Å². The molecule has 2 fully saturated rings. The van der Waals surface area contributed by atoms with Gasteiger partial charge in [-0.05, 0) is 44.3 Å². The number of carbonyl (C=O) groups excluding carboxylic acids is 1.